The molecule has 2 fully saturated rings. The van der Waals surface area contributed by atoms with Gasteiger partial charge in [0.05, 0.1) is 18.5 Å². The number of carbonyl (C=O) groups is 1. The highest BCUT2D eigenvalue weighted by Gasteiger charge is 2.34. The number of alkyl halides is 2. The lowest BCUT2D eigenvalue weighted by molar-refractivity contribution is -0.904. The van der Waals surface area contributed by atoms with E-state index in [0.717, 1.165) is 44.2 Å². The van der Waals surface area contributed by atoms with Crippen LogP contribution in [0.4, 0.5) is 0 Å². The van der Waals surface area contributed by atoms with Crippen molar-refractivity contribution in [2.45, 2.75) is 50.3 Å². The van der Waals surface area contributed by atoms with Gasteiger partial charge in [0.2, 0.25) is 0 Å². The monoisotopic (exact) mass is 306 g/mol. The summed E-state index contributed by atoms with van der Waals surface area (Å²) in [6.45, 7) is 7.58. The van der Waals surface area contributed by atoms with Crippen molar-refractivity contribution in [3.63, 3.8) is 0 Å². The molecule has 0 aromatic heterocycles. The first-order valence-corrected chi connectivity index (χ1v) is 8.47. The highest BCUT2D eigenvalue weighted by atomic mass is 35.5. The lowest BCUT2D eigenvalue weighted by Crippen LogP contribution is -3.15. The molecular formula is C15H26Cl2NO+. The Bertz CT molecular complexity index is 313. The van der Waals surface area contributed by atoms with E-state index in [9.17, 15) is 4.79 Å². The van der Waals surface area contributed by atoms with Gasteiger partial charge >= 0.3 is 0 Å². The van der Waals surface area contributed by atoms with Crippen LogP contribution in [0, 0.1) is 17.8 Å². The summed E-state index contributed by atoms with van der Waals surface area (Å²) in [6, 6.07) is 0. The molecule has 1 aliphatic heterocycles. The van der Waals surface area contributed by atoms with Gasteiger partial charge in [0.1, 0.15) is 6.54 Å². The number of likely N-dealkylation sites (tertiary alicyclic amines) is 1. The number of Topliss-reactive ketones (excluding diaryl/α,β-unsaturated/α-hetero) is 1. The van der Waals surface area contributed by atoms with Gasteiger partial charge in [0.15, 0.2) is 5.78 Å². The molecule has 0 aromatic carbocycles. The second-order valence-corrected chi connectivity index (χ2v) is 7.91. The number of hydrogen-bond donors (Lipinski definition) is 1. The standard InChI is InChI=1S/C15H25Cl2NO/c1-10-5-11(2)8-18(7-10)9-15(19)12-3-4-13(16)14(17)6-12/h10-14H,3-9H2,1-2H3/p+1. The summed E-state index contributed by atoms with van der Waals surface area (Å²) in [5, 5.41) is 0.0201. The molecule has 1 heterocycles. The van der Waals surface area contributed by atoms with E-state index < -0.39 is 0 Å². The lowest BCUT2D eigenvalue weighted by atomic mass is 9.84. The highest BCUT2D eigenvalue weighted by molar-refractivity contribution is 6.30. The summed E-state index contributed by atoms with van der Waals surface area (Å²) in [6.07, 6.45) is 3.88. The Labute approximate surface area is 126 Å². The summed E-state index contributed by atoms with van der Waals surface area (Å²) in [5.41, 5.74) is 0. The zero-order valence-corrected chi connectivity index (χ0v) is 13.5. The molecule has 5 atom stereocenters. The van der Waals surface area contributed by atoms with Gasteiger partial charge in [-0.25, -0.2) is 0 Å². The maximum absolute atomic E-state index is 12.4. The average Bonchev–Trinajstić information content (AvgIpc) is 2.31. The fourth-order valence-electron chi connectivity index (χ4n) is 3.83. The number of rotatable bonds is 3. The first-order chi connectivity index (χ1) is 8.95. The summed E-state index contributed by atoms with van der Waals surface area (Å²) in [7, 11) is 0. The van der Waals surface area contributed by atoms with Crippen LogP contribution in [-0.4, -0.2) is 36.2 Å². The Balaban J connectivity index is 1.83. The van der Waals surface area contributed by atoms with Gasteiger partial charge in [-0.05, 0) is 25.7 Å². The second-order valence-electron chi connectivity index (χ2n) is 6.79. The molecule has 0 aromatic rings. The normalized spacial score (nSPS) is 44.0. The Hall–Kier alpha value is 0.210. The van der Waals surface area contributed by atoms with Crippen molar-refractivity contribution < 1.29 is 9.69 Å². The molecular weight excluding hydrogens is 281 g/mol. The van der Waals surface area contributed by atoms with Crippen molar-refractivity contribution in [1.29, 1.82) is 0 Å². The van der Waals surface area contributed by atoms with Gasteiger partial charge in [-0.15, -0.1) is 23.2 Å². The maximum atomic E-state index is 12.4. The van der Waals surface area contributed by atoms with E-state index in [0.29, 0.717) is 12.3 Å². The van der Waals surface area contributed by atoms with Crippen LogP contribution in [0.5, 0.6) is 0 Å². The van der Waals surface area contributed by atoms with Gasteiger partial charge in [-0.2, -0.15) is 0 Å². The van der Waals surface area contributed by atoms with Crippen LogP contribution in [-0.2, 0) is 4.79 Å². The van der Waals surface area contributed by atoms with Crippen LogP contribution in [0.15, 0.2) is 0 Å². The third-order valence-corrected chi connectivity index (χ3v) is 5.79. The molecule has 1 saturated carbocycles. The largest absolute Gasteiger partial charge is 0.328 e. The van der Waals surface area contributed by atoms with E-state index in [1.54, 1.807) is 0 Å². The molecule has 1 saturated heterocycles. The van der Waals surface area contributed by atoms with Crippen molar-refractivity contribution in [2.75, 3.05) is 19.6 Å². The summed E-state index contributed by atoms with van der Waals surface area (Å²) >= 11 is 12.3. The average molecular weight is 307 g/mol. The Kier molecular flexibility index (Phi) is 5.56. The smallest absolute Gasteiger partial charge is 0.189 e. The minimum absolute atomic E-state index is 0.0291. The second kappa shape index (κ2) is 6.78. The Morgan fingerprint density at radius 1 is 1.05 bits per heavy atom. The van der Waals surface area contributed by atoms with Crippen molar-refractivity contribution >= 4 is 29.0 Å². The van der Waals surface area contributed by atoms with Crippen molar-refractivity contribution in [2.24, 2.45) is 17.8 Å². The maximum Gasteiger partial charge on any atom is 0.189 e. The van der Waals surface area contributed by atoms with Gasteiger partial charge in [-0.1, -0.05) is 13.8 Å². The molecule has 2 aliphatic rings. The third kappa shape index (κ3) is 4.34. The number of nitrogens with one attached hydrogen (secondary N) is 1. The van der Waals surface area contributed by atoms with E-state index in [1.165, 1.54) is 11.3 Å². The minimum atomic E-state index is -0.0291. The van der Waals surface area contributed by atoms with Crippen LogP contribution in [0.25, 0.3) is 0 Å². The van der Waals surface area contributed by atoms with E-state index in [1.807, 2.05) is 0 Å². The fourth-order valence-corrected chi connectivity index (χ4v) is 4.40. The lowest BCUT2D eigenvalue weighted by Gasteiger charge is -2.33. The van der Waals surface area contributed by atoms with Gasteiger partial charge < -0.3 is 4.90 Å². The number of quaternary nitrogens is 1. The van der Waals surface area contributed by atoms with Gasteiger partial charge in [-0.3, -0.25) is 4.79 Å². The molecule has 0 spiro atoms. The van der Waals surface area contributed by atoms with Crippen molar-refractivity contribution in [3.05, 3.63) is 0 Å². The molecule has 110 valence electrons. The summed E-state index contributed by atoms with van der Waals surface area (Å²) in [5.74, 6) is 2.04. The van der Waals surface area contributed by atoms with Crippen LogP contribution in [0.1, 0.15) is 39.5 Å². The molecule has 19 heavy (non-hydrogen) atoms. The third-order valence-electron chi connectivity index (χ3n) is 4.65. The first kappa shape index (κ1) is 15.6. The molecule has 2 nitrogen and oxygen atoms in total. The van der Waals surface area contributed by atoms with Crippen LogP contribution < -0.4 is 4.90 Å². The molecule has 5 unspecified atom stereocenters. The van der Waals surface area contributed by atoms with E-state index in [2.05, 4.69) is 13.8 Å². The van der Waals surface area contributed by atoms with E-state index >= 15 is 0 Å². The molecule has 1 aliphatic carbocycles. The van der Waals surface area contributed by atoms with E-state index in [4.69, 9.17) is 23.2 Å². The number of piperidine rings is 1. The topological polar surface area (TPSA) is 21.5 Å². The predicted octanol–water partition coefficient (Wildman–Crippen LogP) is 2.13. The molecule has 0 amide bonds. The number of ketones is 1. The van der Waals surface area contributed by atoms with E-state index in [-0.39, 0.29) is 16.7 Å². The van der Waals surface area contributed by atoms with Gasteiger partial charge in [0.25, 0.3) is 0 Å². The number of carbonyl (C=O) groups excluding carboxylic acids is 1. The van der Waals surface area contributed by atoms with Crippen molar-refractivity contribution in [3.8, 4) is 0 Å². The summed E-state index contributed by atoms with van der Waals surface area (Å²) in [4.78, 5) is 13.9. The van der Waals surface area contributed by atoms with Crippen LogP contribution >= 0.6 is 23.2 Å². The minimum Gasteiger partial charge on any atom is -0.328 e. The van der Waals surface area contributed by atoms with Crippen molar-refractivity contribution in [1.82, 2.24) is 0 Å². The highest BCUT2D eigenvalue weighted by Crippen LogP contribution is 2.31. The number of halogens is 2. The SMILES string of the molecule is CC1CC(C)C[NH+](CC(=O)C2CCC(Cl)C(Cl)C2)C1. The molecule has 2 rings (SSSR count). The molecule has 0 bridgehead atoms. The predicted molar refractivity (Wildman–Crippen MR) is 80.1 cm³/mol. The zero-order chi connectivity index (χ0) is 14.0. The molecule has 0 radical (unpaired) electrons. The number of hydrogen-bond acceptors (Lipinski definition) is 1. The Morgan fingerprint density at radius 2 is 1.68 bits per heavy atom. The fraction of sp³-hybridized carbons (Fsp3) is 0.933. The quantitative estimate of drug-likeness (QED) is 0.793. The van der Waals surface area contributed by atoms with Crippen LogP contribution in [0.3, 0.4) is 0 Å². The zero-order valence-electron chi connectivity index (χ0n) is 12.0. The molecule has 4 heteroatoms. The molecule has 1 N–H and O–H groups in total. The van der Waals surface area contributed by atoms with Gasteiger partial charge in [0, 0.05) is 23.1 Å². The van der Waals surface area contributed by atoms with Crippen LogP contribution in [0.2, 0.25) is 0 Å². The Morgan fingerprint density at radius 3 is 2.26 bits per heavy atom. The summed E-state index contributed by atoms with van der Waals surface area (Å²) < 4.78 is 0. The first-order valence-electron chi connectivity index (χ1n) is 7.60.